The summed E-state index contributed by atoms with van der Waals surface area (Å²) < 4.78 is 25.6. The molecule has 0 amide bonds. The number of aromatic nitrogens is 2. The largest absolute Gasteiger partial charge is 0.487 e. The maximum atomic E-state index is 15.2. The molecule has 0 aliphatic carbocycles. The Hall–Kier alpha value is -2.88. The van der Waals surface area contributed by atoms with Crippen LogP contribution in [-0.4, -0.2) is 39.6 Å². The number of fused-ring (bicyclic) bond motifs is 2. The molecule has 2 aliphatic heterocycles. The molecule has 0 bridgehead atoms. The lowest BCUT2D eigenvalue weighted by Crippen LogP contribution is -2.35. The SMILES string of the molecule is C[C@H]1COc2c(N3CCC(=NO)CC3)c(F)cc3c(=O)c4c(=O)[nH]sc4n1c23. The van der Waals surface area contributed by atoms with Gasteiger partial charge in [-0.3, -0.25) is 14.0 Å². The van der Waals surface area contributed by atoms with Crippen molar-refractivity contribution >= 4 is 44.1 Å². The van der Waals surface area contributed by atoms with Crippen molar-refractivity contribution in [3.63, 3.8) is 0 Å². The first kappa shape index (κ1) is 17.2. The van der Waals surface area contributed by atoms with Crippen LogP contribution >= 0.6 is 11.5 Å². The van der Waals surface area contributed by atoms with Crippen LogP contribution in [0.2, 0.25) is 0 Å². The molecular formula is C18H17FN4O4S. The highest BCUT2D eigenvalue weighted by atomic mass is 32.1. The smallest absolute Gasteiger partial charge is 0.271 e. The number of piperidine rings is 1. The summed E-state index contributed by atoms with van der Waals surface area (Å²) in [5, 5.41) is 12.4. The number of nitrogens with one attached hydrogen (secondary N) is 1. The summed E-state index contributed by atoms with van der Waals surface area (Å²) in [5.41, 5.74) is 0.571. The van der Waals surface area contributed by atoms with Crippen LogP contribution in [0, 0.1) is 5.82 Å². The van der Waals surface area contributed by atoms with Crippen molar-refractivity contribution in [1.82, 2.24) is 8.94 Å². The van der Waals surface area contributed by atoms with E-state index in [2.05, 4.69) is 9.53 Å². The molecule has 146 valence electrons. The van der Waals surface area contributed by atoms with E-state index in [-0.39, 0.29) is 16.8 Å². The number of nitrogens with zero attached hydrogens (tertiary/aromatic N) is 3. The van der Waals surface area contributed by atoms with Crippen LogP contribution in [0.4, 0.5) is 10.1 Å². The summed E-state index contributed by atoms with van der Waals surface area (Å²) in [6.07, 6.45) is 1.05. The van der Waals surface area contributed by atoms with Gasteiger partial charge in [0.15, 0.2) is 11.6 Å². The van der Waals surface area contributed by atoms with Crippen LogP contribution in [0.3, 0.4) is 0 Å². The molecule has 28 heavy (non-hydrogen) atoms. The van der Waals surface area contributed by atoms with Crippen LogP contribution in [-0.2, 0) is 0 Å². The molecule has 0 radical (unpaired) electrons. The van der Waals surface area contributed by atoms with Gasteiger partial charge in [0.2, 0.25) is 5.43 Å². The Kier molecular flexibility index (Phi) is 3.73. The van der Waals surface area contributed by atoms with Crippen molar-refractivity contribution in [3.05, 3.63) is 32.5 Å². The van der Waals surface area contributed by atoms with Crippen LogP contribution in [0.1, 0.15) is 25.8 Å². The summed E-state index contributed by atoms with van der Waals surface area (Å²) >= 11 is 1.11. The molecule has 1 saturated heterocycles. The van der Waals surface area contributed by atoms with Gasteiger partial charge in [0, 0.05) is 25.9 Å². The maximum Gasteiger partial charge on any atom is 0.271 e. The summed E-state index contributed by atoms with van der Waals surface area (Å²) in [5.74, 6) is -0.228. The second-order valence-electron chi connectivity index (χ2n) is 7.16. The standard InChI is InChI=1S/C18H17FN4O4S/c1-8-7-27-16-13-10(15(24)12-17(25)21-28-18(12)23(8)13)6-11(19)14(16)22-4-2-9(20-26)3-5-22/h6,8,26H,2-5,7H2,1H3,(H,21,25)/t8-/m0/s1. The van der Waals surface area contributed by atoms with Crippen molar-refractivity contribution in [3.8, 4) is 5.75 Å². The summed E-state index contributed by atoms with van der Waals surface area (Å²) in [6.45, 7) is 3.21. The van der Waals surface area contributed by atoms with Crippen LogP contribution in [0.25, 0.3) is 21.1 Å². The lowest BCUT2D eigenvalue weighted by molar-refractivity contribution is 0.250. The van der Waals surface area contributed by atoms with Crippen molar-refractivity contribution in [1.29, 1.82) is 0 Å². The highest BCUT2D eigenvalue weighted by Gasteiger charge is 2.32. The molecule has 4 heterocycles. The molecule has 5 rings (SSSR count). The first-order valence-corrected chi connectivity index (χ1v) is 9.82. The van der Waals surface area contributed by atoms with E-state index in [1.54, 1.807) is 0 Å². The second-order valence-corrected chi connectivity index (χ2v) is 7.95. The fourth-order valence-corrected chi connectivity index (χ4v) is 5.09. The minimum absolute atomic E-state index is 0.0612. The summed E-state index contributed by atoms with van der Waals surface area (Å²) in [6, 6.07) is 1.10. The van der Waals surface area contributed by atoms with E-state index in [4.69, 9.17) is 9.94 Å². The molecule has 0 saturated carbocycles. The van der Waals surface area contributed by atoms with Gasteiger partial charge in [0.25, 0.3) is 5.56 Å². The number of anilines is 1. The average Bonchev–Trinajstić information content (AvgIpc) is 3.08. The van der Waals surface area contributed by atoms with E-state index in [1.807, 2.05) is 16.4 Å². The molecule has 2 aliphatic rings. The fourth-order valence-electron chi connectivity index (χ4n) is 4.14. The number of aromatic amines is 1. The lowest BCUT2D eigenvalue weighted by Gasteiger charge is -2.34. The Morgan fingerprint density at radius 1 is 1.36 bits per heavy atom. The third kappa shape index (κ3) is 2.24. The Morgan fingerprint density at radius 3 is 2.82 bits per heavy atom. The number of halogens is 1. The van der Waals surface area contributed by atoms with Gasteiger partial charge >= 0.3 is 0 Å². The molecule has 0 spiro atoms. The van der Waals surface area contributed by atoms with E-state index < -0.39 is 16.8 Å². The van der Waals surface area contributed by atoms with E-state index in [9.17, 15) is 9.59 Å². The van der Waals surface area contributed by atoms with Crippen molar-refractivity contribution < 1.29 is 14.3 Å². The minimum atomic E-state index is -0.559. The number of hydrogen-bond donors (Lipinski definition) is 2. The van der Waals surface area contributed by atoms with E-state index in [0.717, 1.165) is 11.5 Å². The first-order valence-electron chi connectivity index (χ1n) is 9.00. The fraction of sp³-hybridized carbons (Fsp3) is 0.389. The number of pyridine rings is 1. The maximum absolute atomic E-state index is 15.2. The zero-order chi connectivity index (χ0) is 19.6. The molecule has 0 unspecified atom stereocenters. The van der Waals surface area contributed by atoms with Gasteiger partial charge in [-0.25, -0.2) is 4.39 Å². The predicted molar refractivity (Wildman–Crippen MR) is 105 cm³/mol. The van der Waals surface area contributed by atoms with Crippen molar-refractivity contribution in [2.45, 2.75) is 25.8 Å². The van der Waals surface area contributed by atoms with Crippen LogP contribution in [0.5, 0.6) is 5.75 Å². The summed E-state index contributed by atoms with van der Waals surface area (Å²) in [7, 11) is 0. The van der Waals surface area contributed by atoms with Gasteiger partial charge in [0.05, 0.1) is 22.7 Å². The van der Waals surface area contributed by atoms with Gasteiger partial charge in [-0.1, -0.05) is 5.16 Å². The Balaban J connectivity index is 1.84. The van der Waals surface area contributed by atoms with Gasteiger partial charge in [-0.2, -0.15) is 0 Å². The van der Waals surface area contributed by atoms with Crippen molar-refractivity contribution in [2.75, 3.05) is 24.6 Å². The van der Waals surface area contributed by atoms with Gasteiger partial charge in [-0.15, -0.1) is 0 Å². The normalized spacial score (nSPS) is 19.3. The van der Waals surface area contributed by atoms with Crippen LogP contribution in [0.15, 0.2) is 20.8 Å². The highest BCUT2D eigenvalue weighted by molar-refractivity contribution is 7.12. The minimum Gasteiger partial charge on any atom is -0.487 e. The number of oxime groups is 1. The van der Waals surface area contributed by atoms with Gasteiger partial charge in [-0.05, 0) is 24.5 Å². The molecular weight excluding hydrogens is 387 g/mol. The lowest BCUT2D eigenvalue weighted by atomic mass is 10.0. The van der Waals surface area contributed by atoms with Gasteiger partial charge in [0.1, 0.15) is 22.5 Å². The number of benzene rings is 1. The topological polar surface area (TPSA) is 99.9 Å². The Bertz CT molecular complexity index is 1260. The third-order valence-electron chi connectivity index (χ3n) is 5.50. The molecule has 2 N–H and O–H groups in total. The molecule has 2 aromatic heterocycles. The first-order chi connectivity index (χ1) is 13.5. The zero-order valence-electron chi connectivity index (χ0n) is 15.0. The Morgan fingerprint density at radius 2 is 2.11 bits per heavy atom. The predicted octanol–water partition coefficient (Wildman–Crippen LogP) is 2.43. The number of rotatable bonds is 1. The molecule has 1 fully saturated rings. The molecule has 8 nitrogen and oxygen atoms in total. The molecule has 10 heteroatoms. The van der Waals surface area contributed by atoms with Gasteiger partial charge < -0.3 is 19.4 Å². The highest BCUT2D eigenvalue weighted by Crippen LogP contribution is 2.43. The molecule has 1 aromatic carbocycles. The zero-order valence-corrected chi connectivity index (χ0v) is 15.8. The summed E-state index contributed by atoms with van der Waals surface area (Å²) in [4.78, 5) is 27.5. The quantitative estimate of drug-likeness (QED) is 0.479. The average molecular weight is 404 g/mol. The monoisotopic (exact) mass is 404 g/mol. The Labute approximate surface area is 161 Å². The number of hydrogen-bond acceptors (Lipinski definition) is 7. The number of ether oxygens (including phenoxy) is 1. The van der Waals surface area contributed by atoms with E-state index >= 15 is 4.39 Å². The van der Waals surface area contributed by atoms with Crippen LogP contribution < -0.4 is 20.6 Å². The van der Waals surface area contributed by atoms with E-state index in [0.29, 0.717) is 60.0 Å². The second kappa shape index (κ2) is 6.06. The molecule has 1 atom stereocenters. The van der Waals surface area contributed by atoms with E-state index in [1.165, 1.54) is 6.07 Å². The number of H-pyrrole nitrogens is 1. The molecule has 3 aromatic rings. The third-order valence-corrected chi connectivity index (χ3v) is 6.38. The van der Waals surface area contributed by atoms with Crippen molar-refractivity contribution in [2.24, 2.45) is 5.16 Å².